The monoisotopic (exact) mass is 318 g/mol. The molecule has 1 rings (SSSR count). The summed E-state index contributed by atoms with van der Waals surface area (Å²) < 4.78 is 0. The molecule has 1 aromatic rings. The lowest BCUT2D eigenvalue weighted by atomic mass is 9.95. The highest BCUT2D eigenvalue weighted by Crippen LogP contribution is 2.24. The number of hydrogen-bond donors (Lipinski definition) is 0. The van der Waals surface area contributed by atoms with Crippen molar-refractivity contribution in [2.45, 2.75) is 83.0 Å². The molecule has 0 aliphatic heterocycles. The molecule has 0 N–H and O–H groups in total. The molecule has 0 aromatic heterocycles. The number of benzene rings is 1. The van der Waals surface area contributed by atoms with Gasteiger partial charge >= 0.3 is 0 Å². The van der Waals surface area contributed by atoms with Gasteiger partial charge in [0.1, 0.15) is 0 Å². The smallest absolute Gasteiger partial charge is 0.0116 e. The Bertz CT molecular complexity index is 357. The van der Waals surface area contributed by atoms with Crippen LogP contribution in [0.25, 0.3) is 0 Å². The van der Waals surface area contributed by atoms with E-state index in [0.717, 1.165) is 5.92 Å². The third-order valence-electron chi connectivity index (χ3n) is 4.15. The van der Waals surface area contributed by atoms with E-state index in [4.69, 9.17) is 0 Å². The molecule has 0 unspecified atom stereocenters. The van der Waals surface area contributed by atoms with Crippen LogP contribution in [0.1, 0.15) is 78.1 Å². The van der Waals surface area contributed by atoms with Crippen molar-refractivity contribution in [3.63, 3.8) is 0 Å². The molecule has 0 nitrogen and oxygen atoms in total. The fraction of sp³-hybridized carbons (Fsp3) is 0.619. The SMILES string of the molecule is CCCCCCC(/C=C/Sc1ccccc1)CCCCCC. The van der Waals surface area contributed by atoms with Crippen molar-refractivity contribution < 1.29 is 0 Å². The maximum Gasteiger partial charge on any atom is 0.0116 e. The first-order valence-electron chi connectivity index (χ1n) is 9.25. The van der Waals surface area contributed by atoms with Gasteiger partial charge in [-0.2, -0.15) is 0 Å². The molecule has 0 amide bonds. The fourth-order valence-electron chi connectivity index (χ4n) is 2.73. The molecule has 0 aliphatic rings. The van der Waals surface area contributed by atoms with Gasteiger partial charge < -0.3 is 0 Å². The van der Waals surface area contributed by atoms with E-state index >= 15 is 0 Å². The Kier molecular flexibility index (Phi) is 12.3. The second-order valence-corrected chi connectivity index (χ2v) is 7.20. The van der Waals surface area contributed by atoms with Crippen LogP contribution in [-0.2, 0) is 0 Å². The van der Waals surface area contributed by atoms with Gasteiger partial charge in [-0.1, -0.05) is 101 Å². The lowest BCUT2D eigenvalue weighted by Gasteiger charge is -2.12. The van der Waals surface area contributed by atoms with Crippen molar-refractivity contribution >= 4 is 11.8 Å². The average molecular weight is 319 g/mol. The highest BCUT2D eigenvalue weighted by molar-refractivity contribution is 8.02. The first-order chi connectivity index (χ1) is 10.9. The first-order valence-corrected chi connectivity index (χ1v) is 10.1. The summed E-state index contributed by atoms with van der Waals surface area (Å²) in [5.74, 6) is 0.782. The van der Waals surface area contributed by atoms with E-state index in [1.807, 2.05) is 11.8 Å². The Hall–Kier alpha value is -0.690. The molecule has 1 aromatic carbocycles. The second-order valence-electron chi connectivity index (χ2n) is 6.22. The summed E-state index contributed by atoms with van der Waals surface area (Å²) in [6.07, 6.45) is 16.3. The van der Waals surface area contributed by atoms with E-state index in [2.05, 4.69) is 55.7 Å². The molecule has 0 atom stereocenters. The molecule has 0 heterocycles. The van der Waals surface area contributed by atoms with Crippen molar-refractivity contribution in [1.82, 2.24) is 0 Å². The van der Waals surface area contributed by atoms with Crippen LogP contribution >= 0.6 is 11.8 Å². The molecule has 1 heteroatoms. The van der Waals surface area contributed by atoms with E-state index in [9.17, 15) is 0 Å². The minimum Gasteiger partial charge on any atom is -0.0984 e. The third kappa shape index (κ3) is 10.1. The number of hydrogen-bond acceptors (Lipinski definition) is 1. The lowest BCUT2D eigenvalue weighted by Crippen LogP contribution is -1.97. The van der Waals surface area contributed by atoms with Crippen molar-refractivity contribution in [2.24, 2.45) is 5.92 Å². The molecular formula is C21H34S. The molecule has 0 saturated heterocycles. The first kappa shape index (κ1) is 19.4. The molecule has 124 valence electrons. The Balaban J connectivity index is 2.34. The Morgan fingerprint density at radius 1 is 0.818 bits per heavy atom. The van der Waals surface area contributed by atoms with Crippen molar-refractivity contribution in [3.8, 4) is 0 Å². The van der Waals surface area contributed by atoms with Crippen LogP contribution < -0.4 is 0 Å². The molecule has 0 fully saturated rings. The molecule has 22 heavy (non-hydrogen) atoms. The average Bonchev–Trinajstić information content (AvgIpc) is 2.56. The van der Waals surface area contributed by atoms with Gasteiger partial charge in [-0.25, -0.2) is 0 Å². The highest BCUT2D eigenvalue weighted by Gasteiger charge is 2.04. The van der Waals surface area contributed by atoms with Gasteiger partial charge in [0.05, 0.1) is 0 Å². The van der Waals surface area contributed by atoms with Gasteiger partial charge in [-0.15, -0.1) is 0 Å². The van der Waals surface area contributed by atoms with E-state index in [1.165, 1.54) is 69.1 Å². The predicted molar refractivity (Wildman–Crippen MR) is 102 cm³/mol. The van der Waals surface area contributed by atoms with E-state index in [0.29, 0.717) is 0 Å². The molecule has 0 spiro atoms. The van der Waals surface area contributed by atoms with Gasteiger partial charge in [0.25, 0.3) is 0 Å². The number of thioether (sulfide) groups is 1. The summed E-state index contributed by atoms with van der Waals surface area (Å²) in [4.78, 5) is 1.34. The molecule has 0 saturated carbocycles. The van der Waals surface area contributed by atoms with Crippen LogP contribution in [0.15, 0.2) is 46.7 Å². The zero-order chi connectivity index (χ0) is 15.9. The highest BCUT2D eigenvalue weighted by atomic mass is 32.2. The van der Waals surface area contributed by atoms with Crippen LogP contribution in [0.2, 0.25) is 0 Å². The zero-order valence-corrected chi connectivity index (χ0v) is 15.4. The Morgan fingerprint density at radius 3 is 1.95 bits per heavy atom. The Morgan fingerprint density at radius 2 is 1.41 bits per heavy atom. The summed E-state index contributed by atoms with van der Waals surface area (Å²) in [6.45, 7) is 4.58. The van der Waals surface area contributed by atoms with Crippen LogP contribution in [0, 0.1) is 5.92 Å². The van der Waals surface area contributed by atoms with E-state index in [1.54, 1.807) is 0 Å². The van der Waals surface area contributed by atoms with Crippen molar-refractivity contribution in [3.05, 3.63) is 41.8 Å². The predicted octanol–water partition coefficient (Wildman–Crippen LogP) is 7.85. The molecule has 0 aliphatic carbocycles. The summed E-state index contributed by atoms with van der Waals surface area (Å²) in [7, 11) is 0. The fourth-order valence-corrected chi connectivity index (χ4v) is 3.50. The standard InChI is InChI=1S/C21H34S/c1-3-5-7-10-14-20(15-11-8-6-4-2)18-19-22-21-16-12-9-13-17-21/h9,12-13,16-20H,3-8,10-11,14-15H2,1-2H3/b19-18+. The minimum atomic E-state index is 0.782. The second kappa shape index (κ2) is 13.9. The number of unbranched alkanes of at least 4 members (excludes halogenated alkanes) is 6. The summed E-state index contributed by atoms with van der Waals surface area (Å²) in [5, 5.41) is 2.32. The largest absolute Gasteiger partial charge is 0.0984 e. The zero-order valence-electron chi connectivity index (χ0n) is 14.6. The van der Waals surface area contributed by atoms with E-state index < -0.39 is 0 Å². The summed E-state index contributed by atoms with van der Waals surface area (Å²) >= 11 is 1.86. The third-order valence-corrected chi connectivity index (χ3v) is 4.99. The van der Waals surface area contributed by atoms with Gasteiger partial charge in [0.2, 0.25) is 0 Å². The van der Waals surface area contributed by atoms with Gasteiger partial charge in [0, 0.05) is 4.90 Å². The number of rotatable bonds is 13. The van der Waals surface area contributed by atoms with Gasteiger partial charge in [-0.05, 0) is 36.3 Å². The van der Waals surface area contributed by atoms with Crippen molar-refractivity contribution in [2.75, 3.05) is 0 Å². The normalized spacial score (nSPS) is 11.6. The molecule has 0 bridgehead atoms. The van der Waals surface area contributed by atoms with Crippen LogP contribution in [0.5, 0.6) is 0 Å². The maximum atomic E-state index is 2.47. The van der Waals surface area contributed by atoms with Gasteiger partial charge in [-0.3, -0.25) is 0 Å². The van der Waals surface area contributed by atoms with Crippen molar-refractivity contribution in [1.29, 1.82) is 0 Å². The topological polar surface area (TPSA) is 0 Å². The minimum absolute atomic E-state index is 0.782. The molecule has 0 radical (unpaired) electrons. The van der Waals surface area contributed by atoms with Gasteiger partial charge in [0.15, 0.2) is 0 Å². The van der Waals surface area contributed by atoms with E-state index in [-0.39, 0.29) is 0 Å². The lowest BCUT2D eigenvalue weighted by molar-refractivity contribution is 0.473. The van der Waals surface area contributed by atoms with Crippen LogP contribution in [-0.4, -0.2) is 0 Å². The van der Waals surface area contributed by atoms with Crippen LogP contribution in [0.4, 0.5) is 0 Å². The summed E-state index contributed by atoms with van der Waals surface area (Å²) in [6, 6.07) is 10.7. The van der Waals surface area contributed by atoms with Crippen LogP contribution in [0.3, 0.4) is 0 Å². The molecular weight excluding hydrogens is 284 g/mol. The number of allylic oxidation sites excluding steroid dienone is 1. The maximum absolute atomic E-state index is 2.47. The summed E-state index contributed by atoms with van der Waals surface area (Å²) in [5.41, 5.74) is 0. The quantitative estimate of drug-likeness (QED) is 0.263. The Labute approximate surface area is 142 Å².